The average molecular weight is 331 g/mol. The van der Waals surface area contributed by atoms with E-state index in [4.69, 9.17) is 5.41 Å². The molecule has 0 bridgehead atoms. The first kappa shape index (κ1) is 15.3. The van der Waals surface area contributed by atoms with Crippen molar-refractivity contribution in [2.75, 3.05) is 13.1 Å². The molecule has 1 aliphatic heterocycles. The number of aromatic nitrogens is 3. The molecule has 6 heteroatoms. The van der Waals surface area contributed by atoms with Gasteiger partial charge >= 0.3 is 0 Å². The number of nitrogens with one attached hydrogen (secondary N) is 1. The minimum absolute atomic E-state index is 0.0722. The SMILES string of the molecule is N=C(CN1CCc2nn(-c3cccnc3)cc2C1=O)c1ccccc1. The van der Waals surface area contributed by atoms with Crippen LogP contribution in [-0.2, 0) is 6.42 Å². The molecule has 0 spiro atoms. The van der Waals surface area contributed by atoms with Gasteiger partial charge in [0.05, 0.1) is 35.4 Å². The van der Waals surface area contributed by atoms with Crippen LogP contribution < -0.4 is 0 Å². The zero-order chi connectivity index (χ0) is 17.2. The number of carbonyl (C=O) groups is 1. The lowest BCUT2D eigenvalue weighted by molar-refractivity contribution is 0.0764. The van der Waals surface area contributed by atoms with Crippen LogP contribution in [0.1, 0.15) is 21.6 Å². The third-order valence-electron chi connectivity index (χ3n) is 4.31. The molecule has 6 nitrogen and oxygen atoms in total. The number of pyridine rings is 1. The van der Waals surface area contributed by atoms with Crippen LogP contribution in [0.3, 0.4) is 0 Å². The van der Waals surface area contributed by atoms with Crippen molar-refractivity contribution in [2.24, 2.45) is 0 Å². The average Bonchev–Trinajstić information content (AvgIpc) is 3.11. The fraction of sp³-hybridized carbons (Fsp3) is 0.158. The number of fused-ring (bicyclic) bond motifs is 1. The van der Waals surface area contributed by atoms with Crippen molar-refractivity contribution < 1.29 is 4.79 Å². The third kappa shape index (κ3) is 2.94. The van der Waals surface area contributed by atoms with Crippen LogP contribution in [0.15, 0.2) is 61.1 Å². The van der Waals surface area contributed by atoms with Crippen molar-refractivity contribution >= 4 is 11.6 Å². The Morgan fingerprint density at radius 3 is 2.76 bits per heavy atom. The van der Waals surface area contributed by atoms with Gasteiger partial charge in [-0.2, -0.15) is 5.10 Å². The molecule has 2 aromatic heterocycles. The van der Waals surface area contributed by atoms with Gasteiger partial charge in [-0.25, -0.2) is 4.68 Å². The summed E-state index contributed by atoms with van der Waals surface area (Å²) in [4.78, 5) is 18.6. The second-order valence-electron chi connectivity index (χ2n) is 5.97. The third-order valence-corrected chi connectivity index (χ3v) is 4.31. The van der Waals surface area contributed by atoms with Crippen molar-refractivity contribution in [2.45, 2.75) is 6.42 Å². The van der Waals surface area contributed by atoms with Gasteiger partial charge < -0.3 is 10.3 Å². The van der Waals surface area contributed by atoms with Crippen LogP contribution in [0.2, 0.25) is 0 Å². The van der Waals surface area contributed by atoms with Crippen LogP contribution >= 0.6 is 0 Å². The normalized spacial score (nSPS) is 13.6. The molecule has 0 saturated heterocycles. The Morgan fingerprint density at radius 2 is 2.00 bits per heavy atom. The number of benzene rings is 1. The summed E-state index contributed by atoms with van der Waals surface area (Å²) in [6, 6.07) is 13.2. The minimum atomic E-state index is -0.0722. The molecule has 0 saturated carbocycles. The highest BCUT2D eigenvalue weighted by atomic mass is 16.2. The minimum Gasteiger partial charge on any atom is -0.332 e. The van der Waals surface area contributed by atoms with Gasteiger partial charge in [0, 0.05) is 25.4 Å². The van der Waals surface area contributed by atoms with Crippen molar-refractivity contribution in [3.05, 3.63) is 77.9 Å². The maximum Gasteiger partial charge on any atom is 0.257 e. The molecule has 0 radical (unpaired) electrons. The summed E-state index contributed by atoms with van der Waals surface area (Å²) < 4.78 is 1.70. The van der Waals surface area contributed by atoms with E-state index in [-0.39, 0.29) is 5.91 Å². The fourth-order valence-electron chi connectivity index (χ4n) is 2.98. The predicted molar refractivity (Wildman–Crippen MR) is 94.2 cm³/mol. The summed E-state index contributed by atoms with van der Waals surface area (Å²) >= 11 is 0. The van der Waals surface area contributed by atoms with Gasteiger partial charge in [0.25, 0.3) is 5.91 Å². The Bertz CT molecular complexity index is 918. The lowest BCUT2D eigenvalue weighted by Gasteiger charge is -2.26. The molecular formula is C19H17N5O. The zero-order valence-corrected chi connectivity index (χ0v) is 13.6. The molecule has 25 heavy (non-hydrogen) atoms. The van der Waals surface area contributed by atoms with Crippen molar-refractivity contribution in [1.29, 1.82) is 5.41 Å². The summed E-state index contributed by atoms with van der Waals surface area (Å²) in [7, 11) is 0. The summed E-state index contributed by atoms with van der Waals surface area (Å²) in [5.41, 5.74) is 3.52. The van der Waals surface area contributed by atoms with Crippen molar-refractivity contribution in [1.82, 2.24) is 19.7 Å². The van der Waals surface area contributed by atoms with E-state index in [1.165, 1.54) is 0 Å². The quantitative estimate of drug-likeness (QED) is 0.746. The molecule has 3 aromatic rings. The van der Waals surface area contributed by atoms with Gasteiger partial charge in [-0.05, 0) is 17.7 Å². The molecule has 1 N–H and O–H groups in total. The van der Waals surface area contributed by atoms with E-state index in [9.17, 15) is 4.79 Å². The highest BCUT2D eigenvalue weighted by molar-refractivity contribution is 6.04. The number of rotatable bonds is 4. The monoisotopic (exact) mass is 331 g/mol. The van der Waals surface area contributed by atoms with Crippen molar-refractivity contribution in [3.63, 3.8) is 0 Å². The number of amides is 1. The molecule has 1 aliphatic rings. The Labute approximate surface area is 145 Å². The molecule has 0 fully saturated rings. The van der Waals surface area contributed by atoms with Gasteiger partial charge in [0.1, 0.15) is 0 Å². The molecule has 0 unspecified atom stereocenters. The number of nitrogens with zero attached hydrogens (tertiary/aromatic N) is 4. The molecule has 4 rings (SSSR count). The lowest BCUT2D eigenvalue weighted by Crippen LogP contribution is -2.40. The predicted octanol–water partition coefficient (Wildman–Crippen LogP) is 2.33. The van der Waals surface area contributed by atoms with Gasteiger partial charge in [-0.1, -0.05) is 30.3 Å². The van der Waals surface area contributed by atoms with E-state index in [0.717, 1.165) is 16.9 Å². The first-order valence-corrected chi connectivity index (χ1v) is 8.13. The van der Waals surface area contributed by atoms with Gasteiger partial charge in [0.2, 0.25) is 0 Å². The number of hydrogen-bond donors (Lipinski definition) is 1. The molecule has 0 atom stereocenters. The summed E-state index contributed by atoms with van der Waals surface area (Å²) in [5.74, 6) is -0.0722. The number of hydrogen-bond acceptors (Lipinski definition) is 4. The Kier molecular flexibility index (Phi) is 3.85. The second-order valence-corrected chi connectivity index (χ2v) is 5.97. The van der Waals surface area contributed by atoms with Crippen LogP contribution in [0.25, 0.3) is 5.69 Å². The smallest absolute Gasteiger partial charge is 0.257 e. The number of carbonyl (C=O) groups excluding carboxylic acids is 1. The molecule has 1 amide bonds. The van der Waals surface area contributed by atoms with E-state index in [1.54, 1.807) is 28.2 Å². The first-order chi connectivity index (χ1) is 12.2. The van der Waals surface area contributed by atoms with Gasteiger partial charge in [0.15, 0.2) is 0 Å². The second kappa shape index (κ2) is 6.32. The van der Waals surface area contributed by atoms with E-state index < -0.39 is 0 Å². The molecule has 3 heterocycles. The van der Waals surface area contributed by atoms with Crippen molar-refractivity contribution in [3.8, 4) is 5.69 Å². The van der Waals surface area contributed by atoms with E-state index >= 15 is 0 Å². The summed E-state index contributed by atoms with van der Waals surface area (Å²) in [6.45, 7) is 0.880. The topological polar surface area (TPSA) is 74.9 Å². The van der Waals surface area contributed by atoms with Crippen LogP contribution in [0.4, 0.5) is 0 Å². The Balaban J connectivity index is 1.55. The van der Waals surface area contributed by atoms with Gasteiger partial charge in [-0.15, -0.1) is 0 Å². The van der Waals surface area contributed by atoms with Crippen LogP contribution in [0, 0.1) is 5.41 Å². The van der Waals surface area contributed by atoms with Crippen LogP contribution in [-0.4, -0.2) is 44.4 Å². The maximum atomic E-state index is 12.8. The Hall–Kier alpha value is -3.28. The maximum absolute atomic E-state index is 12.8. The molecule has 0 aliphatic carbocycles. The van der Waals surface area contributed by atoms with Gasteiger partial charge in [-0.3, -0.25) is 9.78 Å². The molecular weight excluding hydrogens is 314 g/mol. The van der Waals surface area contributed by atoms with E-state index in [2.05, 4.69) is 10.1 Å². The zero-order valence-electron chi connectivity index (χ0n) is 13.6. The fourth-order valence-corrected chi connectivity index (χ4v) is 2.98. The molecule has 1 aromatic carbocycles. The Morgan fingerprint density at radius 1 is 1.16 bits per heavy atom. The standard InChI is InChI=1S/C19H17N5O/c20-17(14-5-2-1-3-6-14)13-23-10-8-18-16(19(23)25)12-24(22-18)15-7-4-9-21-11-15/h1-7,9,11-12,20H,8,10,13H2. The lowest BCUT2D eigenvalue weighted by atomic mass is 10.1. The highest BCUT2D eigenvalue weighted by Crippen LogP contribution is 2.20. The highest BCUT2D eigenvalue weighted by Gasteiger charge is 2.28. The largest absolute Gasteiger partial charge is 0.332 e. The summed E-state index contributed by atoms with van der Waals surface area (Å²) in [6.07, 6.45) is 5.87. The molecule has 124 valence electrons. The van der Waals surface area contributed by atoms with E-state index in [1.807, 2.05) is 42.5 Å². The first-order valence-electron chi connectivity index (χ1n) is 8.13. The summed E-state index contributed by atoms with van der Waals surface area (Å²) in [5, 5.41) is 12.8. The van der Waals surface area contributed by atoms with E-state index in [0.29, 0.717) is 30.8 Å². The van der Waals surface area contributed by atoms with Crippen LogP contribution in [0.5, 0.6) is 0 Å².